The lowest BCUT2D eigenvalue weighted by Gasteiger charge is -2.27. The Hall–Kier alpha value is -4.35. The van der Waals surface area contributed by atoms with Crippen molar-refractivity contribution in [3.63, 3.8) is 0 Å². The molecule has 216 valence electrons. The number of benzene rings is 2. The van der Waals surface area contributed by atoms with E-state index in [4.69, 9.17) is 19.2 Å². The Kier molecular flexibility index (Phi) is 9.17. The van der Waals surface area contributed by atoms with Crippen LogP contribution in [0.5, 0.6) is 11.5 Å². The van der Waals surface area contributed by atoms with Gasteiger partial charge in [-0.25, -0.2) is 9.67 Å². The monoisotopic (exact) mass is 558 g/mol. The first-order valence-electron chi connectivity index (χ1n) is 13.8. The number of likely N-dealkylation sites (tertiary alicyclic amines) is 1. The van der Waals surface area contributed by atoms with Gasteiger partial charge in [-0.2, -0.15) is 10.1 Å². The molecular formula is C30H38N8O3. The van der Waals surface area contributed by atoms with Crippen molar-refractivity contribution in [2.24, 2.45) is 0 Å². The maximum atomic E-state index is 5.81. The predicted octanol–water partition coefficient (Wildman–Crippen LogP) is 4.68. The Bertz CT molecular complexity index is 1470. The summed E-state index contributed by atoms with van der Waals surface area (Å²) in [4.78, 5) is 14.0. The summed E-state index contributed by atoms with van der Waals surface area (Å²) in [6.45, 7) is 8.77. The molecule has 0 radical (unpaired) electrons. The summed E-state index contributed by atoms with van der Waals surface area (Å²) in [5.74, 6) is 2.46. The summed E-state index contributed by atoms with van der Waals surface area (Å²) in [6, 6.07) is 11.7. The van der Waals surface area contributed by atoms with Crippen LogP contribution < -0.4 is 25.0 Å². The molecule has 0 atom stereocenters. The lowest BCUT2D eigenvalue weighted by atomic mass is 10.2. The van der Waals surface area contributed by atoms with Gasteiger partial charge in [0.15, 0.2) is 5.82 Å². The first-order chi connectivity index (χ1) is 20.1. The summed E-state index contributed by atoms with van der Waals surface area (Å²) in [6.07, 6.45) is 7.79. The molecule has 1 aliphatic heterocycles. The molecule has 3 heterocycles. The third-order valence-electron chi connectivity index (χ3n) is 7.16. The number of ether oxygens (including phenoxy) is 3. The summed E-state index contributed by atoms with van der Waals surface area (Å²) in [7, 11) is 5.41. The molecule has 1 saturated heterocycles. The lowest BCUT2D eigenvalue weighted by molar-refractivity contribution is 0.183. The fourth-order valence-electron chi connectivity index (χ4n) is 4.94. The smallest absolute Gasteiger partial charge is 0.229 e. The van der Waals surface area contributed by atoms with Gasteiger partial charge in [0.05, 0.1) is 49.6 Å². The van der Waals surface area contributed by atoms with E-state index >= 15 is 0 Å². The number of methoxy groups -OCH3 is 2. The number of aromatic nitrogens is 4. The van der Waals surface area contributed by atoms with Crippen LogP contribution in [-0.2, 0) is 4.74 Å². The molecule has 5 rings (SSSR count). The minimum Gasteiger partial charge on any atom is -0.497 e. The first-order valence-corrected chi connectivity index (χ1v) is 13.8. The van der Waals surface area contributed by atoms with Crippen LogP contribution in [0, 0.1) is 0 Å². The SMILES string of the molecule is C=CCOCNc1cc(Nc2nccc(-n3ncc4ccc(OC)cc43)n2)c(OC)cc1N(C)CCN1CCCC1. The molecule has 2 aromatic heterocycles. The number of hydrogen-bond donors (Lipinski definition) is 2. The summed E-state index contributed by atoms with van der Waals surface area (Å²) >= 11 is 0. The second-order valence-corrected chi connectivity index (χ2v) is 9.87. The third kappa shape index (κ3) is 6.69. The number of nitrogens with one attached hydrogen (secondary N) is 2. The van der Waals surface area contributed by atoms with Crippen molar-refractivity contribution in [2.45, 2.75) is 12.8 Å². The van der Waals surface area contributed by atoms with E-state index in [0.29, 0.717) is 30.9 Å². The Morgan fingerprint density at radius 3 is 2.71 bits per heavy atom. The normalized spacial score (nSPS) is 13.3. The van der Waals surface area contributed by atoms with Crippen LogP contribution in [0.15, 0.2) is 61.4 Å². The second kappa shape index (κ2) is 13.3. The minimum absolute atomic E-state index is 0.340. The van der Waals surface area contributed by atoms with Crippen LogP contribution in [-0.4, -0.2) is 85.4 Å². The highest BCUT2D eigenvalue weighted by Crippen LogP contribution is 2.38. The quantitative estimate of drug-likeness (QED) is 0.129. The fourth-order valence-corrected chi connectivity index (χ4v) is 4.94. The van der Waals surface area contributed by atoms with Gasteiger partial charge in [-0.15, -0.1) is 6.58 Å². The molecule has 11 heteroatoms. The number of hydrogen-bond acceptors (Lipinski definition) is 10. The van der Waals surface area contributed by atoms with E-state index in [0.717, 1.165) is 46.8 Å². The van der Waals surface area contributed by atoms with E-state index in [1.807, 2.05) is 36.4 Å². The summed E-state index contributed by atoms with van der Waals surface area (Å²) in [5.41, 5.74) is 3.53. The molecule has 0 aliphatic carbocycles. The van der Waals surface area contributed by atoms with E-state index in [1.54, 1.807) is 37.4 Å². The molecule has 2 N–H and O–H groups in total. The van der Waals surface area contributed by atoms with Gasteiger partial charge < -0.3 is 34.6 Å². The van der Waals surface area contributed by atoms with Crippen LogP contribution >= 0.6 is 0 Å². The van der Waals surface area contributed by atoms with Gasteiger partial charge in [0.1, 0.15) is 18.2 Å². The molecular weight excluding hydrogens is 520 g/mol. The van der Waals surface area contributed by atoms with E-state index in [1.165, 1.54) is 25.9 Å². The average Bonchev–Trinajstić information content (AvgIpc) is 3.68. The van der Waals surface area contributed by atoms with Gasteiger partial charge in [0.25, 0.3) is 0 Å². The average molecular weight is 559 g/mol. The predicted molar refractivity (Wildman–Crippen MR) is 163 cm³/mol. The van der Waals surface area contributed by atoms with Crippen molar-refractivity contribution in [2.75, 3.05) is 76.3 Å². The van der Waals surface area contributed by atoms with Crippen molar-refractivity contribution in [1.82, 2.24) is 24.6 Å². The van der Waals surface area contributed by atoms with Crippen molar-refractivity contribution in [3.05, 3.63) is 61.4 Å². The summed E-state index contributed by atoms with van der Waals surface area (Å²) < 4.78 is 18.6. The van der Waals surface area contributed by atoms with Crippen molar-refractivity contribution >= 4 is 33.9 Å². The minimum atomic E-state index is 0.340. The van der Waals surface area contributed by atoms with Crippen LogP contribution in [0.2, 0.25) is 0 Å². The highest BCUT2D eigenvalue weighted by molar-refractivity contribution is 5.82. The van der Waals surface area contributed by atoms with Crippen LogP contribution in [0.1, 0.15) is 12.8 Å². The summed E-state index contributed by atoms with van der Waals surface area (Å²) in [5, 5.41) is 12.3. The number of rotatable bonds is 14. The third-order valence-corrected chi connectivity index (χ3v) is 7.16. The number of likely N-dealkylation sites (N-methyl/N-ethyl adjacent to an activating group) is 1. The maximum Gasteiger partial charge on any atom is 0.229 e. The Balaban J connectivity index is 1.42. The molecule has 0 spiro atoms. The van der Waals surface area contributed by atoms with Gasteiger partial charge >= 0.3 is 0 Å². The van der Waals surface area contributed by atoms with Crippen molar-refractivity contribution in [3.8, 4) is 17.3 Å². The lowest BCUT2D eigenvalue weighted by Crippen LogP contribution is -2.31. The van der Waals surface area contributed by atoms with Crippen molar-refractivity contribution in [1.29, 1.82) is 0 Å². The van der Waals surface area contributed by atoms with Gasteiger partial charge in [-0.05, 0) is 44.1 Å². The topological polar surface area (TPSA) is 102 Å². The van der Waals surface area contributed by atoms with Gasteiger partial charge in [0.2, 0.25) is 5.95 Å². The zero-order chi connectivity index (χ0) is 28.6. The van der Waals surface area contributed by atoms with E-state index in [-0.39, 0.29) is 0 Å². The van der Waals surface area contributed by atoms with E-state index in [2.05, 4.69) is 44.1 Å². The Morgan fingerprint density at radius 2 is 1.93 bits per heavy atom. The fraction of sp³-hybridized carbons (Fsp3) is 0.367. The molecule has 1 aliphatic rings. The first kappa shape index (κ1) is 28.2. The van der Waals surface area contributed by atoms with E-state index < -0.39 is 0 Å². The maximum absolute atomic E-state index is 5.81. The second-order valence-electron chi connectivity index (χ2n) is 9.87. The molecule has 2 aromatic carbocycles. The highest BCUT2D eigenvalue weighted by Gasteiger charge is 2.18. The highest BCUT2D eigenvalue weighted by atomic mass is 16.5. The van der Waals surface area contributed by atoms with Crippen LogP contribution in [0.3, 0.4) is 0 Å². The van der Waals surface area contributed by atoms with Gasteiger partial charge in [0, 0.05) is 49.9 Å². The molecule has 4 aromatic rings. The molecule has 11 nitrogen and oxygen atoms in total. The van der Waals surface area contributed by atoms with Crippen LogP contribution in [0.4, 0.5) is 23.0 Å². The number of nitrogens with zero attached hydrogens (tertiary/aromatic N) is 6. The largest absolute Gasteiger partial charge is 0.497 e. The molecule has 0 bridgehead atoms. The zero-order valence-electron chi connectivity index (χ0n) is 24.0. The van der Waals surface area contributed by atoms with Crippen molar-refractivity contribution < 1.29 is 14.2 Å². The molecule has 0 saturated carbocycles. The molecule has 0 amide bonds. The molecule has 41 heavy (non-hydrogen) atoms. The standard InChI is InChI=1S/C30H38N8O3/c1-5-16-41-21-32-24-18-25(28(40-4)19-27(24)36(2)14-15-37-12-6-7-13-37)34-30-31-11-10-29(35-30)38-26-17-23(39-3)9-8-22(26)20-33-38/h5,8-11,17-20,32H,1,6-7,12-16,21H2,2-4H3,(H,31,34,35). The Morgan fingerprint density at radius 1 is 1.07 bits per heavy atom. The van der Waals surface area contributed by atoms with Gasteiger partial charge in [-0.3, -0.25) is 0 Å². The number of anilines is 4. The van der Waals surface area contributed by atoms with Crippen LogP contribution in [0.25, 0.3) is 16.7 Å². The van der Waals surface area contributed by atoms with E-state index in [9.17, 15) is 0 Å². The zero-order valence-corrected chi connectivity index (χ0v) is 24.0. The Labute approximate surface area is 240 Å². The molecule has 1 fully saturated rings. The van der Waals surface area contributed by atoms with Gasteiger partial charge in [-0.1, -0.05) is 6.08 Å². The molecule has 0 unspecified atom stereocenters. The number of fused-ring (bicyclic) bond motifs is 1.